The van der Waals surface area contributed by atoms with Crippen LogP contribution < -0.4 is 11.1 Å². The molecule has 0 bridgehead atoms. The van der Waals surface area contributed by atoms with Gasteiger partial charge in [0, 0.05) is 19.6 Å². The largest absolute Gasteiger partial charge is 0.368 e. The monoisotopic (exact) mass is 289 g/mol. The predicted octanol–water partition coefficient (Wildman–Crippen LogP) is 1.03. The highest BCUT2D eigenvalue weighted by Gasteiger charge is 2.23. The summed E-state index contributed by atoms with van der Waals surface area (Å²) in [5, 5.41) is 3.08. The summed E-state index contributed by atoms with van der Waals surface area (Å²) >= 11 is 0. The van der Waals surface area contributed by atoms with Gasteiger partial charge >= 0.3 is 0 Å². The number of rotatable bonds is 6. The number of amides is 2. The van der Waals surface area contributed by atoms with Gasteiger partial charge in [0.15, 0.2) is 0 Å². The Morgan fingerprint density at radius 2 is 1.81 bits per heavy atom. The van der Waals surface area contributed by atoms with Gasteiger partial charge in [0.1, 0.15) is 0 Å². The molecule has 114 valence electrons. The van der Waals surface area contributed by atoms with Gasteiger partial charge in [0.05, 0.1) is 12.5 Å². The molecule has 0 spiro atoms. The maximum atomic E-state index is 12.2. The van der Waals surface area contributed by atoms with Crippen molar-refractivity contribution < 1.29 is 9.59 Å². The van der Waals surface area contributed by atoms with Gasteiger partial charge in [-0.05, 0) is 24.8 Å². The summed E-state index contributed by atoms with van der Waals surface area (Å²) < 4.78 is 0. The molecule has 5 nitrogen and oxygen atoms in total. The van der Waals surface area contributed by atoms with E-state index in [1.54, 1.807) is 0 Å². The molecule has 5 heteroatoms. The zero-order valence-electron chi connectivity index (χ0n) is 12.3. The maximum absolute atomic E-state index is 12.2. The first kappa shape index (κ1) is 15.5. The first-order valence-corrected chi connectivity index (χ1v) is 7.51. The first-order chi connectivity index (χ1) is 10.2. The van der Waals surface area contributed by atoms with E-state index < -0.39 is 11.9 Å². The summed E-state index contributed by atoms with van der Waals surface area (Å²) in [6.45, 7) is 2.12. The molecule has 21 heavy (non-hydrogen) atoms. The predicted molar refractivity (Wildman–Crippen MR) is 81.3 cm³/mol. The Balaban J connectivity index is 1.86. The Bertz CT molecular complexity index is 470. The fourth-order valence-electron chi connectivity index (χ4n) is 2.56. The van der Waals surface area contributed by atoms with Crippen LogP contribution in [0.3, 0.4) is 0 Å². The van der Waals surface area contributed by atoms with Gasteiger partial charge in [-0.15, -0.1) is 0 Å². The molecule has 1 aliphatic heterocycles. The minimum absolute atomic E-state index is 0.0130. The number of benzene rings is 1. The molecule has 0 saturated carbocycles. The van der Waals surface area contributed by atoms with Crippen molar-refractivity contribution in [2.75, 3.05) is 13.1 Å². The van der Waals surface area contributed by atoms with Crippen molar-refractivity contribution in [3.8, 4) is 0 Å². The fraction of sp³-hybridized carbons (Fsp3) is 0.500. The van der Waals surface area contributed by atoms with Crippen molar-refractivity contribution in [1.82, 2.24) is 10.2 Å². The molecule has 1 fully saturated rings. The minimum Gasteiger partial charge on any atom is -0.368 e. The van der Waals surface area contributed by atoms with Gasteiger partial charge in [0.2, 0.25) is 11.8 Å². The van der Waals surface area contributed by atoms with Gasteiger partial charge in [0.25, 0.3) is 0 Å². The lowest BCUT2D eigenvalue weighted by Gasteiger charge is -2.28. The van der Waals surface area contributed by atoms with Crippen LogP contribution >= 0.6 is 0 Å². The molecule has 1 heterocycles. The zero-order valence-corrected chi connectivity index (χ0v) is 12.3. The normalized spacial score (nSPS) is 16.5. The van der Waals surface area contributed by atoms with Crippen molar-refractivity contribution in [3.05, 3.63) is 35.9 Å². The van der Waals surface area contributed by atoms with E-state index in [1.165, 1.54) is 6.42 Å². The zero-order chi connectivity index (χ0) is 15.1. The second-order valence-electron chi connectivity index (χ2n) is 5.47. The molecule has 0 aromatic heterocycles. The van der Waals surface area contributed by atoms with Crippen LogP contribution in [0, 0.1) is 0 Å². The number of piperidine rings is 1. The van der Waals surface area contributed by atoms with Crippen LogP contribution in [0.25, 0.3) is 0 Å². The Hall–Kier alpha value is -1.88. The summed E-state index contributed by atoms with van der Waals surface area (Å²) in [5.41, 5.74) is 6.47. The number of nitrogens with two attached hydrogens (primary N) is 1. The Labute approximate surface area is 125 Å². The summed E-state index contributed by atoms with van der Waals surface area (Å²) in [6.07, 6.45) is 3.41. The number of nitrogens with one attached hydrogen (secondary N) is 1. The third-order valence-corrected chi connectivity index (χ3v) is 3.83. The van der Waals surface area contributed by atoms with E-state index in [0.717, 1.165) is 31.5 Å². The third kappa shape index (κ3) is 4.86. The van der Waals surface area contributed by atoms with Gasteiger partial charge in [-0.1, -0.05) is 30.3 Å². The van der Waals surface area contributed by atoms with Crippen LogP contribution in [0.2, 0.25) is 0 Å². The van der Waals surface area contributed by atoms with E-state index in [2.05, 4.69) is 5.32 Å². The number of carbonyl (C=O) groups excluding carboxylic acids is 2. The van der Waals surface area contributed by atoms with E-state index in [-0.39, 0.29) is 12.3 Å². The Morgan fingerprint density at radius 3 is 2.43 bits per heavy atom. The number of hydrogen-bond acceptors (Lipinski definition) is 3. The van der Waals surface area contributed by atoms with Crippen molar-refractivity contribution >= 4 is 11.8 Å². The van der Waals surface area contributed by atoms with Crippen molar-refractivity contribution in [2.45, 2.75) is 38.3 Å². The summed E-state index contributed by atoms with van der Waals surface area (Å²) in [5.74, 6) is -0.463. The molecular formula is C16H23N3O2. The molecule has 0 radical (unpaired) electrons. The molecule has 3 N–H and O–H groups in total. The Kier molecular flexibility index (Phi) is 5.75. The molecule has 1 aromatic rings. The number of likely N-dealkylation sites (tertiary alicyclic amines) is 1. The van der Waals surface area contributed by atoms with E-state index >= 15 is 0 Å². The lowest BCUT2D eigenvalue weighted by atomic mass is 10.1. The van der Waals surface area contributed by atoms with E-state index in [9.17, 15) is 9.59 Å². The van der Waals surface area contributed by atoms with Gasteiger partial charge in [-0.3, -0.25) is 9.59 Å². The maximum Gasteiger partial charge on any atom is 0.235 e. The molecule has 1 unspecified atom stereocenters. The van der Waals surface area contributed by atoms with Crippen LogP contribution in [0.5, 0.6) is 0 Å². The van der Waals surface area contributed by atoms with Crippen LogP contribution in [0.4, 0.5) is 0 Å². The minimum atomic E-state index is -0.611. The van der Waals surface area contributed by atoms with Crippen molar-refractivity contribution in [2.24, 2.45) is 5.73 Å². The van der Waals surface area contributed by atoms with E-state index in [4.69, 9.17) is 5.73 Å². The average molecular weight is 289 g/mol. The van der Waals surface area contributed by atoms with Crippen molar-refractivity contribution in [3.63, 3.8) is 0 Å². The van der Waals surface area contributed by atoms with Gasteiger partial charge in [-0.2, -0.15) is 0 Å². The lowest BCUT2D eigenvalue weighted by molar-refractivity contribution is -0.135. The van der Waals surface area contributed by atoms with Crippen LogP contribution in [0.1, 0.15) is 31.2 Å². The topological polar surface area (TPSA) is 75.4 Å². The van der Waals surface area contributed by atoms with Crippen LogP contribution in [-0.2, 0) is 16.1 Å². The number of carbonyl (C=O) groups is 2. The Morgan fingerprint density at radius 1 is 1.14 bits per heavy atom. The lowest BCUT2D eigenvalue weighted by Crippen LogP contribution is -2.46. The fourth-order valence-corrected chi connectivity index (χ4v) is 2.56. The van der Waals surface area contributed by atoms with Gasteiger partial charge in [-0.25, -0.2) is 0 Å². The van der Waals surface area contributed by atoms with Crippen molar-refractivity contribution in [1.29, 1.82) is 0 Å². The van der Waals surface area contributed by atoms with Gasteiger partial charge < -0.3 is 16.0 Å². The second kappa shape index (κ2) is 7.78. The quantitative estimate of drug-likeness (QED) is 0.821. The molecule has 1 aliphatic rings. The highest BCUT2D eigenvalue weighted by Crippen LogP contribution is 2.11. The first-order valence-electron chi connectivity index (χ1n) is 7.51. The SMILES string of the molecule is NC(=O)C(CC(=O)N1CCCCC1)NCc1ccccc1. The van der Waals surface area contributed by atoms with Crippen LogP contribution in [-0.4, -0.2) is 35.8 Å². The molecule has 1 atom stereocenters. The smallest absolute Gasteiger partial charge is 0.235 e. The average Bonchev–Trinajstić information content (AvgIpc) is 2.52. The summed E-state index contributed by atoms with van der Waals surface area (Å²) in [4.78, 5) is 25.6. The molecule has 2 rings (SSSR count). The standard InChI is InChI=1S/C16H23N3O2/c17-16(21)14(18-12-13-7-3-1-4-8-13)11-15(20)19-9-5-2-6-10-19/h1,3-4,7-8,14,18H,2,5-6,9-12H2,(H2,17,21). The number of primary amides is 1. The third-order valence-electron chi connectivity index (χ3n) is 3.83. The second-order valence-corrected chi connectivity index (χ2v) is 5.47. The van der Waals surface area contributed by atoms with Crippen LogP contribution in [0.15, 0.2) is 30.3 Å². The van der Waals surface area contributed by atoms with E-state index in [1.807, 2.05) is 35.2 Å². The molecule has 1 aromatic carbocycles. The number of nitrogens with zero attached hydrogens (tertiary/aromatic N) is 1. The highest BCUT2D eigenvalue weighted by molar-refractivity contribution is 5.87. The molecular weight excluding hydrogens is 266 g/mol. The van der Waals surface area contributed by atoms with E-state index in [0.29, 0.717) is 6.54 Å². The molecule has 2 amide bonds. The molecule has 0 aliphatic carbocycles. The highest BCUT2D eigenvalue weighted by atomic mass is 16.2. The summed E-state index contributed by atoms with van der Waals surface area (Å²) in [6, 6.07) is 9.15. The molecule has 1 saturated heterocycles. The summed E-state index contributed by atoms with van der Waals surface area (Å²) in [7, 11) is 0. The number of hydrogen-bond donors (Lipinski definition) is 2.